The Bertz CT molecular complexity index is 252. The van der Waals surface area contributed by atoms with E-state index in [1.807, 2.05) is 6.92 Å². The molecule has 2 unspecified atom stereocenters. The van der Waals surface area contributed by atoms with E-state index in [1.54, 1.807) is 6.08 Å². The SMILES string of the molecule is C=CCN(CCO)C(=O)NC(C)C1CCCO1. The highest BCUT2D eigenvalue weighted by Crippen LogP contribution is 2.15. The number of amides is 2. The third-order valence-electron chi connectivity index (χ3n) is 2.88. The molecule has 0 aliphatic carbocycles. The van der Waals surface area contributed by atoms with Crippen LogP contribution in [0.2, 0.25) is 0 Å². The number of carbonyl (C=O) groups excluding carboxylic acids is 1. The summed E-state index contributed by atoms with van der Waals surface area (Å²) in [6, 6.07) is -0.182. The summed E-state index contributed by atoms with van der Waals surface area (Å²) in [4.78, 5) is 13.4. The number of urea groups is 1. The fourth-order valence-corrected chi connectivity index (χ4v) is 1.93. The second kappa shape index (κ2) is 7.29. The third-order valence-corrected chi connectivity index (χ3v) is 2.88. The van der Waals surface area contributed by atoms with E-state index in [2.05, 4.69) is 11.9 Å². The molecular formula is C12H22N2O3. The lowest BCUT2D eigenvalue weighted by atomic mass is 10.1. The van der Waals surface area contributed by atoms with Gasteiger partial charge < -0.3 is 20.1 Å². The predicted octanol–water partition coefficient (Wildman–Crippen LogP) is 0.744. The fraction of sp³-hybridized carbons (Fsp3) is 0.750. The number of nitrogens with one attached hydrogen (secondary N) is 1. The summed E-state index contributed by atoms with van der Waals surface area (Å²) >= 11 is 0. The summed E-state index contributed by atoms with van der Waals surface area (Å²) in [5.41, 5.74) is 0. The molecule has 5 nitrogen and oxygen atoms in total. The topological polar surface area (TPSA) is 61.8 Å². The monoisotopic (exact) mass is 242 g/mol. The van der Waals surface area contributed by atoms with Crippen molar-refractivity contribution in [1.29, 1.82) is 0 Å². The highest BCUT2D eigenvalue weighted by Gasteiger charge is 2.24. The van der Waals surface area contributed by atoms with Gasteiger partial charge in [0.2, 0.25) is 0 Å². The molecule has 1 fully saturated rings. The maximum absolute atomic E-state index is 11.9. The molecule has 1 rings (SSSR count). The van der Waals surface area contributed by atoms with E-state index in [0.29, 0.717) is 13.1 Å². The molecule has 0 aromatic rings. The van der Waals surface area contributed by atoms with Gasteiger partial charge in [0.15, 0.2) is 0 Å². The summed E-state index contributed by atoms with van der Waals surface area (Å²) in [6.45, 7) is 7.02. The Hall–Kier alpha value is -1.07. The average Bonchev–Trinajstić information content (AvgIpc) is 2.82. The van der Waals surface area contributed by atoms with Crippen molar-refractivity contribution in [1.82, 2.24) is 10.2 Å². The van der Waals surface area contributed by atoms with Gasteiger partial charge in [-0.1, -0.05) is 6.08 Å². The minimum Gasteiger partial charge on any atom is -0.395 e. The van der Waals surface area contributed by atoms with Crippen molar-refractivity contribution in [2.24, 2.45) is 0 Å². The first-order valence-electron chi connectivity index (χ1n) is 6.07. The smallest absolute Gasteiger partial charge is 0.318 e. The van der Waals surface area contributed by atoms with Gasteiger partial charge in [0.05, 0.1) is 18.8 Å². The van der Waals surface area contributed by atoms with E-state index in [0.717, 1.165) is 19.4 Å². The molecule has 0 spiro atoms. The number of rotatable bonds is 6. The van der Waals surface area contributed by atoms with Crippen LogP contribution in [0.3, 0.4) is 0 Å². The molecule has 1 aliphatic heterocycles. The zero-order valence-electron chi connectivity index (χ0n) is 10.4. The molecule has 98 valence electrons. The summed E-state index contributed by atoms with van der Waals surface area (Å²) in [6.07, 6.45) is 3.80. The van der Waals surface area contributed by atoms with Crippen molar-refractivity contribution >= 4 is 6.03 Å². The quantitative estimate of drug-likeness (QED) is 0.675. The van der Waals surface area contributed by atoms with Crippen LogP contribution in [-0.2, 0) is 4.74 Å². The number of nitrogens with zero attached hydrogens (tertiary/aromatic N) is 1. The van der Waals surface area contributed by atoms with E-state index in [1.165, 1.54) is 4.90 Å². The van der Waals surface area contributed by atoms with Crippen LogP contribution in [0.4, 0.5) is 4.79 Å². The number of aliphatic hydroxyl groups excluding tert-OH is 1. The molecule has 1 heterocycles. The molecule has 2 N–H and O–H groups in total. The summed E-state index contributed by atoms with van der Waals surface area (Å²) < 4.78 is 5.51. The van der Waals surface area contributed by atoms with Crippen LogP contribution in [0.1, 0.15) is 19.8 Å². The van der Waals surface area contributed by atoms with Crippen LogP contribution >= 0.6 is 0 Å². The second-order valence-corrected chi connectivity index (χ2v) is 4.25. The second-order valence-electron chi connectivity index (χ2n) is 4.25. The van der Waals surface area contributed by atoms with Gasteiger partial charge >= 0.3 is 6.03 Å². The Morgan fingerprint density at radius 1 is 1.76 bits per heavy atom. The molecule has 2 atom stereocenters. The van der Waals surface area contributed by atoms with E-state index in [-0.39, 0.29) is 24.8 Å². The summed E-state index contributed by atoms with van der Waals surface area (Å²) in [5, 5.41) is 11.8. The lowest BCUT2D eigenvalue weighted by Crippen LogP contribution is -2.48. The molecule has 0 bridgehead atoms. The van der Waals surface area contributed by atoms with Crippen LogP contribution in [0, 0.1) is 0 Å². The van der Waals surface area contributed by atoms with Gasteiger partial charge in [-0.15, -0.1) is 6.58 Å². The Morgan fingerprint density at radius 3 is 3.06 bits per heavy atom. The normalized spacial score (nSPS) is 20.9. The van der Waals surface area contributed by atoms with Gasteiger partial charge in [-0.3, -0.25) is 0 Å². The van der Waals surface area contributed by atoms with Gasteiger partial charge in [-0.2, -0.15) is 0 Å². The standard InChI is InChI=1S/C12H22N2O3/c1-3-6-14(7-8-15)12(16)13-10(2)11-5-4-9-17-11/h3,10-11,15H,1,4-9H2,2H3,(H,13,16). The molecule has 2 amide bonds. The third kappa shape index (κ3) is 4.36. The molecule has 1 saturated heterocycles. The number of carbonyl (C=O) groups is 1. The van der Waals surface area contributed by atoms with Gasteiger partial charge in [-0.25, -0.2) is 4.79 Å². The average molecular weight is 242 g/mol. The predicted molar refractivity (Wildman–Crippen MR) is 65.8 cm³/mol. The Kier molecular flexibility index (Phi) is 6.00. The Labute approximate surface area is 102 Å². The number of hydrogen-bond donors (Lipinski definition) is 2. The van der Waals surface area contributed by atoms with Crippen LogP contribution < -0.4 is 5.32 Å². The van der Waals surface area contributed by atoms with Crippen molar-refractivity contribution in [2.45, 2.75) is 31.9 Å². The van der Waals surface area contributed by atoms with Crippen LogP contribution in [0.15, 0.2) is 12.7 Å². The van der Waals surface area contributed by atoms with Gasteiger partial charge in [-0.05, 0) is 19.8 Å². The van der Waals surface area contributed by atoms with Gasteiger partial charge in [0.25, 0.3) is 0 Å². The van der Waals surface area contributed by atoms with Crippen molar-refractivity contribution in [2.75, 3.05) is 26.3 Å². The highest BCUT2D eigenvalue weighted by atomic mass is 16.5. The number of aliphatic hydroxyl groups is 1. The van der Waals surface area contributed by atoms with Crippen LogP contribution in [-0.4, -0.2) is 54.5 Å². The molecule has 0 aromatic carbocycles. The van der Waals surface area contributed by atoms with E-state index < -0.39 is 0 Å². The maximum atomic E-state index is 11.9. The molecule has 1 aliphatic rings. The van der Waals surface area contributed by atoms with Crippen molar-refractivity contribution in [3.63, 3.8) is 0 Å². The minimum absolute atomic E-state index is 0.00370. The highest BCUT2D eigenvalue weighted by molar-refractivity contribution is 5.74. The van der Waals surface area contributed by atoms with Crippen LogP contribution in [0.5, 0.6) is 0 Å². The maximum Gasteiger partial charge on any atom is 0.318 e. The first-order chi connectivity index (χ1) is 8.19. The number of ether oxygens (including phenoxy) is 1. The summed E-state index contributed by atoms with van der Waals surface area (Å²) in [5.74, 6) is 0. The lowest BCUT2D eigenvalue weighted by Gasteiger charge is -2.25. The van der Waals surface area contributed by atoms with Crippen molar-refractivity contribution < 1.29 is 14.6 Å². The molecular weight excluding hydrogens is 220 g/mol. The largest absolute Gasteiger partial charge is 0.395 e. The zero-order valence-corrected chi connectivity index (χ0v) is 10.4. The lowest BCUT2D eigenvalue weighted by molar-refractivity contribution is 0.0830. The zero-order chi connectivity index (χ0) is 12.7. The summed E-state index contributed by atoms with van der Waals surface area (Å²) in [7, 11) is 0. The molecule has 5 heteroatoms. The molecule has 0 saturated carbocycles. The van der Waals surface area contributed by atoms with E-state index in [9.17, 15) is 4.79 Å². The first-order valence-corrected chi connectivity index (χ1v) is 6.07. The van der Waals surface area contributed by atoms with Gasteiger partial charge in [0, 0.05) is 19.7 Å². The molecule has 17 heavy (non-hydrogen) atoms. The minimum atomic E-state index is -0.179. The van der Waals surface area contributed by atoms with E-state index in [4.69, 9.17) is 9.84 Å². The van der Waals surface area contributed by atoms with Crippen LogP contribution in [0.25, 0.3) is 0 Å². The van der Waals surface area contributed by atoms with Crippen molar-refractivity contribution in [3.05, 3.63) is 12.7 Å². The fourth-order valence-electron chi connectivity index (χ4n) is 1.93. The van der Waals surface area contributed by atoms with Gasteiger partial charge in [0.1, 0.15) is 0 Å². The van der Waals surface area contributed by atoms with Crippen molar-refractivity contribution in [3.8, 4) is 0 Å². The Morgan fingerprint density at radius 2 is 2.53 bits per heavy atom. The number of hydrogen-bond acceptors (Lipinski definition) is 3. The molecule has 0 aromatic heterocycles. The molecule has 0 radical (unpaired) electrons. The van der Waals surface area contributed by atoms with E-state index >= 15 is 0 Å². The Balaban J connectivity index is 2.41. The first kappa shape index (κ1) is 14.0.